The molecule has 2 aliphatic rings. The Labute approximate surface area is 71.1 Å². The van der Waals surface area contributed by atoms with Gasteiger partial charge in [-0.05, 0) is 6.92 Å². The fourth-order valence-corrected chi connectivity index (χ4v) is 1.80. The molecule has 0 aromatic heterocycles. The van der Waals surface area contributed by atoms with Crippen molar-refractivity contribution < 1.29 is 19.7 Å². The minimum atomic E-state index is -0.841. The molecule has 12 heavy (non-hydrogen) atoms. The van der Waals surface area contributed by atoms with Gasteiger partial charge in [-0.3, -0.25) is 0 Å². The van der Waals surface area contributed by atoms with Gasteiger partial charge in [-0.2, -0.15) is 0 Å². The van der Waals surface area contributed by atoms with E-state index in [9.17, 15) is 10.2 Å². The van der Waals surface area contributed by atoms with E-state index in [2.05, 4.69) is 0 Å². The highest BCUT2D eigenvalue weighted by Crippen LogP contribution is 2.39. The van der Waals surface area contributed by atoms with Gasteiger partial charge in [0.1, 0.15) is 11.7 Å². The first-order valence-corrected chi connectivity index (χ1v) is 4.20. The predicted molar refractivity (Wildman–Crippen MR) is 40.4 cm³/mol. The number of hydrogen-bond donors (Lipinski definition) is 2. The second-order valence-electron chi connectivity index (χ2n) is 3.90. The van der Waals surface area contributed by atoms with Gasteiger partial charge < -0.3 is 19.7 Å². The van der Waals surface area contributed by atoms with Crippen LogP contribution in [0.1, 0.15) is 13.8 Å². The van der Waals surface area contributed by atoms with Crippen molar-refractivity contribution >= 4 is 0 Å². The molecular weight excluding hydrogens is 160 g/mol. The van der Waals surface area contributed by atoms with Crippen LogP contribution < -0.4 is 0 Å². The van der Waals surface area contributed by atoms with Crippen LogP contribution in [0.4, 0.5) is 0 Å². The van der Waals surface area contributed by atoms with Gasteiger partial charge in [0.25, 0.3) is 0 Å². The predicted octanol–water partition coefficient (Wildman–Crippen LogP) is -0.510. The summed E-state index contributed by atoms with van der Waals surface area (Å²) in [5.74, 6) is -0.157. The average molecular weight is 174 g/mol. The van der Waals surface area contributed by atoms with Gasteiger partial charge >= 0.3 is 0 Å². The smallest absolute Gasteiger partial charge is 0.163 e. The van der Waals surface area contributed by atoms with E-state index in [1.807, 2.05) is 6.92 Å². The molecule has 4 nitrogen and oxygen atoms in total. The van der Waals surface area contributed by atoms with E-state index in [-0.39, 0.29) is 12.2 Å². The van der Waals surface area contributed by atoms with E-state index in [1.165, 1.54) is 0 Å². The van der Waals surface area contributed by atoms with Gasteiger partial charge in [-0.25, -0.2) is 0 Å². The molecule has 4 heteroatoms. The Hall–Kier alpha value is -0.160. The zero-order chi connectivity index (χ0) is 8.93. The van der Waals surface area contributed by atoms with Crippen LogP contribution in [0.15, 0.2) is 0 Å². The van der Waals surface area contributed by atoms with Crippen molar-refractivity contribution in [3.05, 3.63) is 0 Å². The maximum absolute atomic E-state index is 9.64. The molecule has 0 unspecified atom stereocenters. The Bertz CT molecular complexity index is 195. The van der Waals surface area contributed by atoms with Crippen LogP contribution in [0.3, 0.4) is 0 Å². The molecule has 2 aliphatic heterocycles. The molecule has 2 heterocycles. The zero-order valence-corrected chi connectivity index (χ0v) is 7.23. The zero-order valence-electron chi connectivity index (χ0n) is 7.23. The third-order valence-corrected chi connectivity index (χ3v) is 2.84. The largest absolute Gasteiger partial charge is 0.390 e. The average Bonchev–Trinajstić information content (AvgIpc) is 2.41. The van der Waals surface area contributed by atoms with Gasteiger partial charge in [0, 0.05) is 5.92 Å². The third kappa shape index (κ3) is 0.925. The Balaban J connectivity index is 2.25. The molecule has 2 N–H and O–H groups in total. The first kappa shape index (κ1) is 8.44. The van der Waals surface area contributed by atoms with E-state index in [0.29, 0.717) is 6.61 Å². The van der Waals surface area contributed by atoms with Crippen molar-refractivity contribution in [3.63, 3.8) is 0 Å². The minimum absolute atomic E-state index is 0.157. The SMILES string of the molecule is C[C@H]1[C@H]2OC[C@](C)(O2)[C@H](O)[C@@H]1O. The molecule has 2 bridgehead atoms. The lowest BCUT2D eigenvalue weighted by molar-refractivity contribution is -0.230. The summed E-state index contributed by atoms with van der Waals surface area (Å²) in [7, 11) is 0. The van der Waals surface area contributed by atoms with Crippen molar-refractivity contribution in [3.8, 4) is 0 Å². The van der Waals surface area contributed by atoms with Gasteiger partial charge in [0.15, 0.2) is 6.29 Å². The van der Waals surface area contributed by atoms with Gasteiger partial charge in [0.05, 0.1) is 12.7 Å². The molecular formula is C8H14O4. The van der Waals surface area contributed by atoms with E-state index in [0.717, 1.165) is 0 Å². The van der Waals surface area contributed by atoms with Crippen molar-refractivity contribution in [2.75, 3.05) is 6.61 Å². The molecule has 0 radical (unpaired) electrons. The summed E-state index contributed by atoms with van der Waals surface area (Å²) >= 11 is 0. The molecule has 70 valence electrons. The van der Waals surface area contributed by atoms with Crippen molar-refractivity contribution in [2.24, 2.45) is 5.92 Å². The fraction of sp³-hybridized carbons (Fsp3) is 1.00. The quantitative estimate of drug-likeness (QED) is 0.519. The van der Waals surface area contributed by atoms with Crippen LogP contribution in [0.5, 0.6) is 0 Å². The standard InChI is InChI=1S/C8H14O4/c1-4-5(9)6(10)8(2)3-11-7(4)12-8/h4-7,9-10H,3H2,1-2H3/t4-,5-,6-,7+,8+/m1/s1. The van der Waals surface area contributed by atoms with Crippen LogP contribution in [0.2, 0.25) is 0 Å². The van der Waals surface area contributed by atoms with E-state index < -0.39 is 17.8 Å². The van der Waals surface area contributed by atoms with Gasteiger partial charge in [-0.1, -0.05) is 6.92 Å². The normalized spacial score (nSPS) is 59.0. The summed E-state index contributed by atoms with van der Waals surface area (Å²) in [6.07, 6.45) is -1.93. The highest BCUT2D eigenvalue weighted by Gasteiger charge is 2.54. The van der Waals surface area contributed by atoms with Crippen LogP contribution in [-0.4, -0.2) is 40.9 Å². The highest BCUT2D eigenvalue weighted by molar-refractivity contribution is 4.99. The molecule has 5 atom stereocenters. The number of ether oxygens (including phenoxy) is 2. The summed E-state index contributed by atoms with van der Waals surface area (Å²) in [5, 5.41) is 19.2. The van der Waals surface area contributed by atoms with Crippen molar-refractivity contribution in [1.82, 2.24) is 0 Å². The number of aliphatic hydroxyl groups excluding tert-OH is 2. The number of fused-ring (bicyclic) bond motifs is 2. The lowest BCUT2D eigenvalue weighted by Gasteiger charge is -2.39. The first-order chi connectivity index (χ1) is 5.54. The van der Waals surface area contributed by atoms with E-state index >= 15 is 0 Å². The van der Waals surface area contributed by atoms with Crippen molar-refractivity contribution in [1.29, 1.82) is 0 Å². The van der Waals surface area contributed by atoms with Crippen LogP contribution in [0.25, 0.3) is 0 Å². The van der Waals surface area contributed by atoms with Crippen LogP contribution >= 0.6 is 0 Å². The van der Waals surface area contributed by atoms with Crippen LogP contribution in [0, 0.1) is 5.92 Å². The van der Waals surface area contributed by atoms with Gasteiger partial charge in [0.2, 0.25) is 0 Å². The number of aliphatic hydroxyl groups is 2. The highest BCUT2D eigenvalue weighted by atomic mass is 16.7. The monoisotopic (exact) mass is 174 g/mol. The Morgan fingerprint density at radius 1 is 1.42 bits per heavy atom. The molecule has 2 fully saturated rings. The molecule has 0 aliphatic carbocycles. The van der Waals surface area contributed by atoms with E-state index in [1.54, 1.807) is 6.92 Å². The second-order valence-corrected chi connectivity index (χ2v) is 3.90. The third-order valence-electron chi connectivity index (χ3n) is 2.84. The molecule has 0 amide bonds. The summed E-state index contributed by atoms with van der Waals surface area (Å²) in [4.78, 5) is 0. The summed E-state index contributed by atoms with van der Waals surface area (Å²) in [6, 6.07) is 0. The summed E-state index contributed by atoms with van der Waals surface area (Å²) < 4.78 is 10.7. The van der Waals surface area contributed by atoms with Gasteiger partial charge in [-0.15, -0.1) is 0 Å². The second kappa shape index (κ2) is 2.42. The maximum atomic E-state index is 9.64. The lowest BCUT2D eigenvalue weighted by Crippen LogP contribution is -2.56. The topological polar surface area (TPSA) is 58.9 Å². The molecule has 0 aromatic carbocycles. The maximum Gasteiger partial charge on any atom is 0.163 e. The fourth-order valence-electron chi connectivity index (χ4n) is 1.80. The molecule has 0 spiro atoms. The molecule has 2 saturated heterocycles. The molecule has 2 rings (SSSR count). The minimum Gasteiger partial charge on any atom is -0.390 e. The Morgan fingerprint density at radius 2 is 2.08 bits per heavy atom. The lowest BCUT2D eigenvalue weighted by atomic mass is 9.87. The summed E-state index contributed by atoms with van der Waals surface area (Å²) in [6.45, 7) is 3.93. The number of rotatable bonds is 0. The van der Waals surface area contributed by atoms with E-state index in [4.69, 9.17) is 9.47 Å². The molecule has 0 saturated carbocycles. The Kier molecular flexibility index (Phi) is 1.70. The first-order valence-electron chi connectivity index (χ1n) is 4.20. The molecule has 0 aromatic rings. The van der Waals surface area contributed by atoms with Crippen LogP contribution in [-0.2, 0) is 9.47 Å². The van der Waals surface area contributed by atoms with Crippen molar-refractivity contribution in [2.45, 2.75) is 37.9 Å². The number of hydrogen-bond acceptors (Lipinski definition) is 4. The summed E-state index contributed by atoms with van der Waals surface area (Å²) in [5.41, 5.74) is -0.712. The Morgan fingerprint density at radius 3 is 2.75 bits per heavy atom.